The van der Waals surface area contributed by atoms with Crippen molar-refractivity contribution in [2.45, 2.75) is 32.7 Å². The van der Waals surface area contributed by atoms with Gasteiger partial charge in [-0.2, -0.15) is 0 Å². The molecule has 0 saturated carbocycles. The monoisotopic (exact) mass is 365 g/mol. The maximum absolute atomic E-state index is 12.1. The molecule has 6 nitrogen and oxygen atoms in total. The summed E-state index contributed by atoms with van der Waals surface area (Å²) < 4.78 is 7.04. The summed E-state index contributed by atoms with van der Waals surface area (Å²) in [5.41, 5.74) is 2.21. The molecule has 1 amide bonds. The van der Waals surface area contributed by atoms with Crippen LogP contribution in [0.15, 0.2) is 58.8 Å². The van der Waals surface area contributed by atoms with Crippen molar-refractivity contribution in [3.63, 3.8) is 0 Å². The highest BCUT2D eigenvalue weighted by molar-refractivity contribution is 5.96. The Kier molecular flexibility index (Phi) is 5.86. The highest BCUT2D eigenvalue weighted by Crippen LogP contribution is 2.40. The minimum Gasteiger partial charge on any atom is -0.497 e. The van der Waals surface area contributed by atoms with E-state index in [1.807, 2.05) is 49.4 Å². The lowest BCUT2D eigenvalue weighted by atomic mass is 10.1. The van der Waals surface area contributed by atoms with Gasteiger partial charge >= 0.3 is 0 Å². The van der Waals surface area contributed by atoms with Gasteiger partial charge in [-0.15, -0.1) is 10.2 Å². The first-order chi connectivity index (χ1) is 13.1. The molecule has 0 spiro atoms. The van der Waals surface area contributed by atoms with Crippen LogP contribution in [-0.2, 0) is 17.8 Å². The quantitative estimate of drug-likeness (QED) is 0.598. The molecule has 0 atom stereocenters. The van der Waals surface area contributed by atoms with Gasteiger partial charge in [-0.25, -0.2) is 0 Å². The van der Waals surface area contributed by atoms with Crippen molar-refractivity contribution in [2.75, 3.05) is 7.11 Å². The number of aryl methyl sites for hydroxylation is 2. The van der Waals surface area contributed by atoms with Crippen LogP contribution in [0.2, 0.25) is 0 Å². The van der Waals surface area contributed by atoms with Crippen molar-refractivity contribution < 1.29 is 14.6 Å². The lowest BCUT2D eigenvalue weighted by Crippen LogP contribution is -1.95. The standard InChI is InChI=1S/C21H23N3O3/c1-3-13-24-18-11-10-16(27-2)14-17(18)20(21(24)26)23-22-19(25)12-9-15-7-5-4-6-8-15/h4-8,10-11,14,26H,3,9,12-13H2,1-2H3. The summed E-state index contributed by atoms with van der Waals surface area (Å²) in [7, 11) is 1.58. The molecule has 0 bridgehead atoms. The minimum absolute atomic E-state index is 0.0136. The third kappa shape index (κ3) is 4.16. The van der Waals surface area contributed by atoms with Gasteiger partial charge < -0.3 is 14.4 Å². The molecule has 0 aliphatic rings. The van der Waals surface area contributed by atoms with Gasteiger partial charge in [-0.3, -0.25) is 4.79 Å². The van der Waals surface area contributed by atoms with Crippen LogP contribution in [0.25, 0.3) is 10.9 Å². The number of ether oxygens (including phenoxy) is 1. The Hall–Kier alpha value is -3.15. The number of fused-ring (bicyclic) bond motifs is 1. The van der Waals surface area contributed by atoms with Gasteiger partial charge in [-0.05, 0) is 36.6 Å². The van der Waals surface area contributed by atoms with E-state index in [9.17, 15) is 9.90 Å². The average molecular weight is 365 g/mol. The van der Waals surface area contributed by atoms with Crippen LogP contribution < -0.4 is 4.74 Å². The zero-order valence-corrected chi connectivity index (χ0v) is 15.6. The molecule has 1 aromatic heterocycles. The molecular weight excluding hydrogens is 342 g/mol. The second kappa shape index (κ2) is 8.49. The Morgan fingerprint density at radius 3 is 2.67 bits per heavy atom. The lowest BCUT2D eigenvalue weighted by molar-refractivity contribution is -0.118. The van der Waals surface area contributed by atoms with Crippen LogP contribution in [0.1, 0.15) is 25.3 Å². The van der Waals surface area contributed by atoms with E-state index in [4.69, 9.17) is 4.74 Å². The highest BCUT2D eigenvalue weighted by Gasteiger charge is 2.17. The predicted molar refractivity (Wildman–Crippen MR) is 105 cm³/mol. The highest BCUT2D eigenvalue weighted by atomic mass is 16.5. The number of aromatic hydroxyl groups is 1. The number of amides is 1. The zero-order valence-electron chi connectivity index (χ0n) is 15.6. The smallest absolute Gasteiger partial charge is 0.265 e. The number of benzene rings is 2. The Morgan fingerprint density at radius 1 is 1.19 bits per heavy atom. The molecule has 27 heavy (non-hydrogen) atoms. The normalized spacial score (nSPS) is 11.3. The van der Waals surface area contributed by atoms with Gasteiger partial charge in [0.2, 0.25) is 5.88 Å². The molecule has 0 aliphatic carbocycles. The van der Waals surface area contributed by atoms with Gasteiger partial charge in [0.25, 0.3) is 5.91 Å². The van der Waals surface area contributed by atoms with Gasteiger partial charge in [0.15, 0.2) is 5.69 Å². The first-order valence-electron chi connectivity index (χ1n) is 9.01. The summed E-state index contributed by atoms with van der Waals surface area (Å²) in [6.07, 6.45) is 1.73. The molecule has 6 heteroatoms. The number of rotatable bonds is 7. The molecule has 0 radical (unpaired) electrons. The van der Waals surface area contributed by atoms with E-state index < -0.39 is 0 Å². The van der Waals surface area contributed by atoms with Crippen LogP contribution in [0.4, 0.5) is 5.69 Å². The molecular formula is C21H23N3O3. The zero-order chi connectivity index (χ0) is 19.2. The molecule has 3 rings (SSSR count). The first-order valence-corrected chi connectivity index (χ1v) is 9.01. The molecule has 1 heterocycles. The second-order valence-corrected chi connectivity index (χ2v) is 6.29. The number of carbonyl (C=O) groups excluding carboxylic acids is 1. The molecule has 2 aromatic carbocycles. The van der Waals surface area contributed by atoms with Crippen molar-refractivity contribution in [1.82, 2.24) is 4.57 Å². The van der Waals surface area contributed by atoms with E-state index in [-0.39, 0.29) is 18.2 Å². The van der Waals surface area contributed by atoms with Gasteiger partial charge in [0.1, 0.15) is 5.75 Å². The fraction of sp³-hybridized carbons (Fsp3) is 0.286. The van der Waals surface area contributed by atoms with Gasteiger partial charge in [0.05, 0.1) is 12.6 Å². The van der Waals surface area contributed by atoms with Crippen molar-refractivity contribution in [1.29, 1.82) is 0 Å². The van der Waals surface area contributed by atoms with Crippen LogP contribution in [0.3, 0.4) is 0 Å². The third-order valence-electron chi connectivity index (χ3n) is 4.40. The predicted octanol–water partition coefficient (Wildman–Crippen LogP) is 5.01. The summed E-state index contributed by atoms with van der Waals surface area (Å²) in [6, 6.07) is 15.3. The topological polar surface area (TPSA) is 76.2 Å². The van der Waals surface area contributed by atoms with E-state index in [2.05, 4.69) is 10.2 Å². The largest absolute Gasteiger partial charge is 0.497 e. The van der Waals surface area contributed by atoms with Crippen LogP contribution in [0.5, 0.6) is 11.6 Å². The molecule has 0 unspecified atom stereocenters. The summed E-state index contributed by atoms with van der Waals surface area (Å²) in [5.74, 6) is 0.347. The fourth-order valence-electron chi connectivity index (χ4n) is 3.03. The maximum atomic E-state index is 12.1. The second-order valence-electron chi connectivity index (χ2n) is 6.29. The Bertz CT molecular complexity index is 962. The maximum Gasteiger partial charge on any atom is 0.265 e. The van der Waals surface area contributed by atoms with E-state index in [0.717, 1.165) is 17.5 Å². The fourth-order valence-corrected chi connectivity index (χ4v) is 3.03. The van der Waals surface area contributed by atoms with Crippen molar-refractivity contribution in [3.05, 3.63) is 54.1 Å². The third-order valence-corrected chi connectivity index (χ3v) is 4.40. The van der Waals surface area contributed by atoms with E-state index in [1.54, 1.807) is 17.7 Å². The molecule has 0 aliphatic heterocycles. The number of nitrogens with zero attached hydrogens (tertiary/aromatic N) is 3. The van der Waals surface area contributed by atoms with Crippen molar-refractivity contribution in [3.8, 4) is 11.6 Å². The summed E-state index contributed by atoms with van der Waals surface area (Å²) in [6.45, 7) is 2.68. The van der Waals surface area contributed by atoms with Crippen molar-refractivity contribution in [2.24, 2.45) is 10.2 Å². The number of azo groups is 1. The molecule has 140 valence electrons. The minimum atomic E-state index is -0.322. The van der Waals surface area contributed by atoms with Crippen molar-refractivity contribution >= 4 is 22.5 Å². The Morgan fingerprint density at radius 2 is 1.96 bits per heavy atom. The Labute approximate surface area is 158 Å². The Balaban J connectivity index is 1.85. The molecule has 3 aromatic rings. The van der Waals surface area contributed by atoms with Crippen LogP contribution in [-0.4, -0.2) is 22.7 Å². The lowest BCUT2D eigenvalue weighted by Gasteiger charge is -2.04. The van der Waals surface area contributed by atoms with E-state index >= 15 is 0 Å². The molecule has 0 saturated heterocycles. The van der Waals surface area contributed by atoms with E-state index in [0.29, 0.717) is 29.8 Å². The molecule has 1 N–H and O–H groups in total. The summed E-state index contributed by atoms with van der Waals surface area (Å²) >= 11 is 0. The number of aromatic nitrogens is 1. The number of hydrogen-bond acceptors (Lipinski definition) is 4. The van der Waals surface area contributed by atoms with Gasteiger partial charge in [-0.1, -0.05) is 37.3 Å². The number of carbonyl (C=O) groups is 1. The van der Waals surface area contributed by atoms with Crippen LogP contribution >= 0.6 is 0 Å². The summed E-state index contributed by atoms with van der Waals surface area (Å²) in [5, 5.41) is 19.2. The number of methoxy groups -OCH3 is 1. The average Bonchev–Trinajstić information content (AvgIpc) is 2.96. The van der Waals surface area contributed by atoms with E-state index in [1.165, 1.54) is 0 Å². The first kappa shape index (κ1) is 18.6. The number of hydrogen-bond donors (Lipinski definition) is 1. The SMILES string of the molecule is CCCn1c(O)c(N=NC(=O)CCc2ccccc2)c2cc(OC)ccc21. The summed E-state index contributed by atoms with van der Waals surface area (Å²) in [4.78, 5) is 12.1. The van der Waals surface area contributed by atoms with Gasteiger partial charge in [0, 0.05) is 18.4 Å². The van der Waals surface area contributed by atoms with Crippen LogP contribution in [0, 0.1) is 0 Å². The molecule has 0 fully saturated rings.